The number of nitrogens with zero attached hydrogens (tertiary/aromatic N) is 2. The van der Waals surface area contributed by atoms with Crippen LogP contribution in [0.25, 0.3) is 11.5 Å². The Labute approximate surface area is 137 Å². The van der Waals surface area contributed by atoms with Gasteiger partial charge in [0.25, 0.3) is 0 Å². The van der Waals surface area contributed by atoms with Gasteiger partial charge in [0.15, 0.2) is 5.76 Å². The number of furan rings is 1. The quantitative estimate of drug-likeness (QED) is 0.941. The molecule has 0 aliphatic carbocycles. The van der Waals surface area contributed by atoms with E-state index >= 15 is 0 Å². The predicted molar refractivity (Wildman–Crippen MR) is 88.0 cm³/mol. The van der Waals surface area contributed by atoms with Crippen molar-refractivity contribution in [3.8, 4) is 11.5 Å². The topological polar surface area (TPSA) is 54.3 Å². The molecule has 0 aromatic carbocycles. The van der Waals surface area contributed by atoms with Crippen molar-refractivity contribution in [2.45, 2.75) is 32.7 Å². The molecule has 5 nitrogen and oxygen atoms in total. The van der Waals surface area contributed by atoms with E-state index in [1.807, 2.05) is 25.3 Å². The van der Waals surface area contributed by atoms with E-state index in [1.165, 1.54) is 37.9 Å². The minimum Gasteiger partial charge on any atom is -0.460 e. The van der Waals surface area contributed by atoms with Crippen molar-refractivity contribution in [1.82, 2.24) is 15.1 Å². The largest absolute Gasteiger partial charge is 0.460 e. The molecule has 23 heavy (non-hydrogen) atoms. The summed E-state index contributed by atoms with van der Waals surface area (Å²) in [5.74, 6) is 3.50. The van der Waals surface area contributed by atoms with Crippen LogP contribution in [0.4, 0.5) is 0 Å². The van der Waals surface area contributed by atoms with Gasteiger partial charge < -0.3 is 9.15 Å². The summed E-state index contributed by atoms with van der Waals surface area (Å²) in [6.07, 6.45) is 5.73. The summed E-state index contributed by atoms with van der Waals surface area (Å²) in [5, 5.41) is 7.33. The highest BCUT2D eigenvalue weighted by Gasteiger charge is 2.31. The average molecular weight is 315 g/mol. The van der Waals surface area contributed by atoms with Crippen molar-refractivity contribution in [2.24, 2.45) is 11.8 Å². The number of hydrogen-bond donors (Lipinski definition) is 1. The maximum absolute atomic E-state index is 5.75. The fourth-order valence-corrected chi connectivity index (χ4v) is 4.03. The van der Waals surface area contributed by atoms with Gasteiger partial charge >= 0.3 is 0 Å². The lowest BCUT2D eigenvalue weighted by Gasteiger charge is -2.27. The monoisotopic (exact) mass is 315 g/mol. The van der Waals surface area contributed by atoms with Crippen molar-refractivity contribution >= 4 is 0 Å². The van der Waals surface area contributed by atoms with Gasteiger partial charge in [-0.3, -0.25) is 10.00 Å². The van der Waals surface area contributed by atoms with Crippen LogP contribution >= 0.6 is 0 Å². The van der Waals surface area contributed by atoms with Crippen molar-refractivity contribution in [1.29, 1.82) is 0 Å². The van der Waals surface area contributed by atoms with Crippen LogP contribution in [0.3, 0.4) is 0 Å². The first-order valence-electron chi connectivity index (χ1n) is 8.69. The zero-order valence-corrected chi connectivity index (χ0v) is 13.8. The van der Waals surface area contributed by atoms with E-state index in [1.54, 1.807) is 0 Å². The molecule has 4 rings (SSSR count). The molecule has 1 atom stereocenters. The normalized spacial score (nSPS) is 23.6. The highest BCUT2D eigenvalue weighted by atomic mass is 16.5. The number of H-pyrrole nitrogens is 1. The van der Waals surface area contributed by atoms with Crippen molar-refractivity contribution in [3.63, 3.8) is 0 Å². The van der Waals surface area contributed by atoms with Crippen LogP contribution in [-0.4, -0.2) is 41.4 Å². The van der Waals surface area contributed by atoms with E-state index in [2.05, 4.69) is 15.1 Å². The summed E-state index contributed by atoms with van der Waals surface area (Å²) in [5.41, 5.74) is 2.25. The molecule has 2 saturated heterocycles. The molecule has 0 radical (unpaired) electrons. The first-order valence-corrected chi connectivity index (χ1v) is 8.69. The number of aromatic amines is 1. The first-order chi connectivity index (χ1) is 11.3. The molecule has 2 fully saturated rings. The van der Waals surface area contributed by atoms with Gasteiger partial charge in [0.1, 0.15) is 11.5 Å². The third kappa shape index (κ3) is 3.21. The molecular formula is C18H25N3O2. The highest BCUT2D eigenvalue weighted by Crippen LogP contribution is 2.32. The Bertz CT molecular complexity index is 642. The lowest BCUT2D eigenvalue weighted by molar-refractivity contribution is 0.0477. The first kappa shape index (κ1) is 15.0. The Kier molecular flexibility index (Phi) is 4.23. The van der Waals surface area contributed by atoms with E-state index in [-0.39, 0.29) is 0 Å². The molecule has 2 aliphatic heterocycles. The second-order valence-corrected chi connectivity index (χ2v) is 6.91. The van der Waals surface area contributed by atoms with Gasteiger partial charge in [-0.15, -0.1) is 0 Å². The van der Waals surface area contributed by atoms with Crippen LogP contribution in [0.15, 0.2) is 22.7 Å². The molecule has 0 saturated carbocycles. The Morgan fingerprint density at radius 2 is 2.09 bits per heavy atom. The summed E-state index contributed by atoms with van der Waals surface area (Å²) >= 11 is 0. The lowest BCUT2D eigenvalue weighted by atomic mass is 9.85. The van der Waals surface area contributed by atoms with E-state index in [0.717, 1.165) is 48.8 Å². The van der Waals surface area contributed by atoms with Crippen LogP contribution in [0.5, 0.6) is 0 Å². The molecular weight excluding hydrogens is 290 g/mol. The number of aromatic nitrogens is 2. The SMILES string of the molecule is Cc1ccc(-c2[nH]ncc2CN2CCC(C3CCOCC3)C2)o1. The van der Waals surface area contributed by atoms with Gasteiger partial charge in [-0.25, -0.2) is 0 Å². The minimum atomic E-state index is 0.833. The maximum atomic E-state index is 5.75. The maximum Gasteiger partial charge on any atom is 0.152 e. The third-order valence-corrected chi connectivity index (χ3v) is 5.34. The fourth-order valence-electron chi connectivity index (χ4n) is 4.03. The predicted octanol–water partition coefficient (Wildman–Crippen LogP) is 3.23. The molecule has 0 amide bonds. The molecule has 1 unspecified atom stereocenters. The molecule has 1 N–H and O–H groups in total. The zero-order valence-electron chi connectivity index (χ0n) is 13.8. The summed E-state index contributed by atoms with van der Waals surface area (Å²) in [4.78, 5) is 2.56. The van der Waals surface area contributed by atoms with Crippen LogP contribution in [-0.2, 0) is 11.3 Å². The highest BCUT2D eigenvalue weighted by molar-refractivity contribution is 5.56. The molecule has 0 bridgehead atoms. The van der Waals surface area contributed by atoms with Gasteiger partial charge in [0.05, 0.1) is 6.20 Å². The Hall–Kier alpha value is -1.59. The number of ether oxygens (including phenoxy) is 1. The number of likely N-dealkylation sites (tertiary alicyclic amines) is 1. The van der Waals surface area contributed by atoms with Gasteiger partial charge in [-0.1, -0.05) is 0 Å². The van der Waals surface area contributed by atoms with Gasteiger partial charge in [-0.2, -0.15) is 5.10 Å². The van der Waals surface area contributed by atoms with Crippen LogP contribution in [0.1, 0.15) is 30.6 Å². The van der Waals surface area contributed by atoms with E-state index in [9.17, 15) is 0 Å². The number of nitrogens with one attached hydrogen (secondary N) is 1. The van der Waals surface area contributed by atoms with Crippen molar-refractivity contribution in [2.75, 3.05) is 26.3 Å². The van der Waals surface area contributed by atoms with Crippen LogP contribution in [0.2, 0.25) is 0 Å². The summed E-state index contributed by atoms with van der Waals surface area (Å²) in [6, 6.07) is 4.01. The van der Waals surface area contributed by atoms with Crippen LogP contribution < -0.4 is 0 Å². The molecule has 2 aliphatic rings. The van der Waals surface area contributed by atoms with Gasteiger partial charge in [0.2, 0.25) is 0 Å². The minimum absolute atomic E-state index is 0.833. The summed E-state index contributed by atoms with van der Waals surface area (Å²) in [7, 11) is 0. The molecule has 0 spiro atoms. The standard InChI is InChI=1S/C18H25N3O2/c1-13-2-3-17(23-13)18-16(10-19-20-18)12-21-7-4-15(11-21)14-5-8-22-9-6-14/h2-3,10,14-15H,4-9,11-12H2,1H3,(H,19,20). The molecule has 124 valence electrons. The van der Waals surface area contributed by atoms with E-state index in [0.29, 0.717) is 0 Å². The Balaban J connectivity index is 1.41. The number of hydrogen-bond acceptors (Lipinski definition) is 4. The smallest absolute Gasteiger partial charge is 0.152 e. The molecule has 2 aromatic rings. The van der Waals surface area contributed by atoms with Gasteiger partial charge in [0, 0.05) is 31.9 Å². The molecule has 5 heteroatoms. The van der Waals surface area contributed by atoms with Crippen molar-refractivity contribution in [3.05, 3.63) is 29.7 Å². The zero-order chi connectivity index (χ0) is 15.6. The number of rotatable bonds is 4. The van der Waals surface area contributed by atoms with Crippen LogP contribution in [0, 0.1) is 18.8 Å². The average Bonchev–Trinajstić information content (AvgIpc) is 3.29. The fraction of sp³-hybridized carbons (Fsp3) is 0.611. The number of aryl methyl sites for hydroxylation is 1. The van der Waals surface area contributed by atoms with Crippen molar-refractivity contribution < 1.29 is 9.15 Å². The van der Waals surface area contributed by atoms with E-state index < -0.39 is 0 Å². The summed E-state index contributed by atoms with van der Waals surface area (Å²) < 4.78 is 11.2. The second-order valence-electron chi connectivity index (χ2n) is 6.91. The van der Waals surface area contributed by atoms with Gasteiger partial charge in [-0.05, 0) is 56.7 Å². The summed E-state index contributed by atoms with van der Waals surface area (Å²) in [6.45, 7) is 7.20. The Morgan fingerprint density at radius 3 is 2.87 bits per heavy atom. The van der Waals surface area contributed by atoms with E-state index in [4.69, 9.17) is 9.15 Å². The Morgan fingerprint density at radius 1 is 1.22 bits per heavy atom. The molecule has 2 aromatic heterocycles. The lowest BCUT2D eigenvalue weighted by Crippen LogP contribution is -2.26. The molecule has 4 heterocycles. The third-order valence-electron chi connectivity index (χ3n) is 5.34. The second kappa shape index (κ2) is 6.49.